The molecule has 5 unspecified atom stereocenters. The van der Waals surface area contributed by atoms with Gasteiger partial charge in [0.2, 0.25) is 0 Å². The van der Waals surface area contributed by atoms with Gasteiger partial charge in [0.1, 0.15) is 24.1 Å². The Kier molecular flexibility index (Phi) is 8.24. The number of esters is 1. The lowest BCUT2D eigenvalue weighted by atomic mass is 9.96. The van der Waals surface area contributed by atoms with E-state index in [2.05, 4.69) is 0 Å². The van der Waals surface area contributed by atoms with Gasteiger partial charge in [0.25, 0.3) is 0 Å². The average Bonchev–Trinajstić information content (AvgIpc) is 2.75. The summed E-state index contributed by atoms with van der Waals surface area (Å²) in [6.45, 7) is -0.178. The SMILES string of the molecule is CC(C(=O)OC(CO)C(O)C(O)C(O)CO)c1ccc(-c2ccccc2)c(F)c1. The van der Waals surface area contributed by atoms with E-state index in [9.17, 15) is 29.6 Å². The molecule has 5 atom stereocenters. The maximum atomic E-state index is 14.5. The van der Waals surface area contributed by atoms with Crippen LogP contribution in [-0.4, -0.2) is 69.1 Å². The predicted octanol–water partition coefficient (Wildman–Crippen LogP) is 0.575. The van der Waals surface area contributed by atoms with Crippen molar-refractivity contribution in [2.75, 3.05) is 13.2 Å². The monoisotopic (exact) mass is 408 g/mol. The Morgan fingerprint density at radius 3 is 2.21 bits per heavy atom. The minimum absolute atomic E-state index is 0.328. The highest BCUT2D eigenvalue weighted by Crippen LogP contribution is 2.27. The summed E-state index contributed by atoms with van der Waals surface area (Å²) in [6.07, 6.45) is -6.86. The van der Waals surface area contributed by atoms with Gasteiger partial charge in [0.15, 0.2) is 6.10 Å². The Morgan fingerprint density at radius 1 is 1.00 bits per heavy atom. The van der Waals surface area contributed by atoms with E-state index in [1.54, 1.807) is 36.4 Å². The number of hydrogen-bond acceptors (Lipinski definition) is 7. The molecular formula is C21H25FO7. The molecule has 8 heteroatoms. The van der Waals surface area contributed by atoms with E-state index in [0.717, 1.165) is 0 Å². The van der Waals surface area contributed by atoms with E-state index in [0.29, 0.717) is 16.7 Å². The van der Waals surface area contributed by atoms with Crippen LogP contribution in [0.1, 0.15) is 18.4 Å². The lowest BCUT2D eigenvalue weighted by molar-refractivity contribution is -0.172. The van der Waals surface area contributed by atoms with Gasteiger partial charge in [-0.05, 0) is 24.1 Å². The molecule has 0 aliphatic carbocycles. The molecule has 0 saturated carbocycles. The smallest absolute Gasteiger partial charge is 0.313 e. The second-order valence-electron chi connectivity index (χ2n) is 6.72. The number of aliphatic hydroxyl groups excluding tert-OH is 5. The first-order chi connectivity index (χ1) is 13.8. The third kappa shape index (κ3) is 5.59. The third-order valence-corrected chi connectivity index (χ3v) is 4.69. The van der Waals surface area contributed by atoms with Crippen LogP contribution in [0.2, 0.25) is 0 Å². The molecule has 29 heavy (non-hydrogen) atoms. The normalized spacial score (nSPS) is 16.5. The van der Waals surface area contributed by atoms with E-state index >= 15 is 0 Å². The molecule has 0 amide bonds. The quantitative estimate of drug-likeness (QED) is 0.384. The van der Waals surface area contributed by atoms with Crippen LogP contribution in [-0.2, 0) is 9.53 Å². The summed E-state index contributed by atoms with van der Waals surface area (Å²) in [5.74, 6) is -2.30. The summed E-state index contributed by atoms with van der Waals surface area (Å²) in [4.78, 5) is 12.4. The fourth-order valence-electron chi connectivity index (χ4n) is 2.81. The fourth-order valence-corrected chi connectivity index (χ4v) is 2.81. The number of carbonyl (C=O) groups excluding carboxylic acids is 1. The Labute approximate surface area is 167 Å². The van der Waals surface area contributed by atoms with Gasteiger partial charge in [-0.3, -0.25) is 4.79 Å². The van der Waals surface area contributed by atoms with Gasteiger partial charge in [0, 0.05) is 5.56 Å². The van der Waals surface area contributed by atoms with Crippen molar-refractivity contribution in [2.24, 2.45) is 0 Å². The topological polar surface area (TPSA) is 127 Å². The number of rotatable bonds is 9. The molecule has 0 bridgehead atoms. The molecule has 0 heterocycles. The summed E-state index contributed by atoms with van der Waals surface area (Å²) < 4.78 is 19.6. The highest BCUT2D eigenvalue weighted by molar-refractivity contribution is 5.78. The van der Waals surface area contributed by atoms with E-state index in [-0.39, 0.29) is 0 Å². The second kappa shape index (κ2) is 10.4. The van der Waals surface area contributed by atoms with Crippen LogP contribution < -0.4 is 0 Å². The number of halogens is 1. The average molecular weight is 408 g/mol. The van der Waals surface area contributed by atoms with Crippen LogP contribution in [0.4, 0.5) is 4.39 Å². The molecule has 0 fully saturated rings. The van der Waals surface area contributed by atoms with Crippen LogP contribution >= 0.6 is 0 Å². The Morgan fingerprint density at radius 2 is 1.66 bits per heavy atom. The van der Waals surface area contributed by atoms with Gasteiger partial charge in [-0.15, -0.1) is 0 Å². The predicted molar refractivity (Wildman–Crippen MR) is 102 cm³/mol. The highest BCUT2D eigenvalue weighted by atomic mass is 19.1. The number of ether oxygens (including phenoxy) is 1. The van der Waals surface area contributed by atoms with Gasteiger partial charge < -0.3 is 30.3 Å². The lowest BCUT2D eigenvalue weighted by Gasteiger charge is -2.28. The van der Waals surface area contributed by atoms with Gasteiger partial charge in [-0.2, -0.15) is 0 Å². The van der Waals surface area contributed by atoms with Gasteiger partial charge in [-0.1, -0.05) is 42.5 Å². The van der Waals surface area contributed by atoms with Crippen molar-refractivity contribution in [2.45, 2.75) is 37.3 Å². The van der Waals surface area contributed by atoms with E-state index in [1.165, 1.54) is 13.0 Å². The summed E-state index contributed by atoms with van der Waals surface area (Å²) >= 11 is 0. The molecule has 7 nitrogen and oxygen atoms in total. The Bertz CT molecular complexity index is 799. The first-order valence-corrected chi connectivity index (χ1v) is 9.11. The van der Waals surface area contributed by atoms with Crippen LogP contribution in [0.25, 0.3) is 11.1 Å². The van der Waals surface area contributed by atoms with Crippen molar-refractivity contribution >= 4 is 5.97 Å². The van der Waals surface area contributed by atoms with Crippen molar-refractivity contribution in [1.29, 1.82) is 0 Å². The molecule has 0 aromatic heterocycles. The zero-order valence-corrected chi connectivity index (χ0v) is 15.9. The molecule has 2 aromatic carbocycles. The van der Waals surface area contributed by atoms with E-state index in [1.807, 2.05) is 6.07 Å². The second-order valence-corrected chi connectivity index (χ2v) is 6.72. The van der Waals surface area contributed by atoms with Crippen LogP contribution in [0.15, 0.2) is 48.5 Å². The number of aliphatic hydroxyl groups is 5. The van der Waals surface area contributed by atoms with E-state index in [4.69, 9.17) is 9.84 Å². The molecule has 0 aliphatic rings. The number of benzene rings is 2. The maximum absolute atomic E-state index is 14.5. The standard InChI is InChI=1S/C21H25FO7/c1-12(21(28)29-18(11-24)20(27)19(26)17(25)10-23)14-7-8-15(16(22)9-14)13-5-3-2-4-6-13/h2-9,12,17-20,23-27H,10-11H2,1H3. The minimum atomic E-state index is -1.83. The molecule has 2 rings (SSSR count). The van der Waals surface area contributed by atoms with Crippen LogP contribution in [0.3, 0.4) is 0 Å². The fraction of sp³-hybridized carbons (Fsp3) is 0.381. The lowest BCUT2D eigenvalue weighted by Crippen LogP contribution is -2.49. The third-order valence-electron chi connectivity index (χ3n) is 4.69. The molecule has 0 spiro atoms. The number of hydrogen-bond donors (Lipinski definition) is 5. The van der Waals surface area contributed by atoms with Crippen molar-refractivity contribution < 1.29 is 39.5 Å². The summed E-state index contributed by atoms with van der Waals surface area (Å²) in [7, 11) is 0. The highest BCUT2D eigenvalue weighted by Gasteiger charge is 2.34. The molecule has 158 valence electrons. The van der Waals surface area contributed by atoms with Gasteiger partial charge >= 0.3 is 5.97 Å². The van der Waals surface area contributed by atoms with Gasteiger partial charge in [0.05, 0.1) is 19.1 Å². The van der Waals surface area contributed by atoms with E-state index < -0.39 is 55.3 Å². The zero-order valence-electron chi connectivity index (χ0n) is 15.9. The first-order valence-electron chi connectivity index (χ1n) is 9.11. The Balaban J connectivity index is 2.12. The molecule has 5 N–H and O–H groups in total. The maximum Gasteiger partial charge on any atom is 0.313 e. The zero-order chi connectivity index (χ0) is 21.6. The molecule has 0 radical (unpaired) electrons. The van der Waals surface area contributed by atoms with Crippen LogP contribution in [0.5, 0.6) is 0 Å². The number of carbonyl (C=O) groups is 1. The largest absolute Gasteiger partial charge is 0.457 e. The first kappa shape index (κ1) is 22.9. The Hall–Kier alpha value is -2.36. The van der Waals surface area contributed by atoms with Crippen LogP contribution in [0, 0.1) is 5.82 Å². The summed E-state index contributed by atoms with van der Waals surface area (Å²) in [5, 5.41) is 47.3. The van der Waals surface area contributed by atoms with Crippen molar-refractivity contribution in [3.63, 3.8) is 0 Å². The van der Waals surface area contributed by atoms with Crippen molar-refractivity contribution in [3.8, 4) is 11.1 Å². The molecular weight excluding hydrogens is 383 g/mol. The molecule has 0 aliphatic heterocycles. The molecule has 2 aromatic rings. The summed E-state index contributed by atoms with van der Waals surface area (Å²) in [5.41, 5.74) is 1.39. The van der Waals surface area contributed by atoms with Crippen molar-refractivity contribution in [3.05, 3.63) is 59.9 Å². The minimum Gasteiger partial charge on any atom is -0.457 e. The molecule has 0 saturated heterocycles. The summed E-state index contributed by atoms with van der Waals surface area (Å²) in [6, 6.07) is 13.2. The van der Waals surface area contributed by atoms with Crippen molar-refractivity contribution in [1.82, 2.24) is 0 Å². The van der Waals surface area contributed by atoms with Gasteiger partial charge in [-0.25, -0.2) is 4.39 Å².